The number of phenols is 1. The van der Waals surface area contributed by atoms with Crippen LogP contribution >= 0.6 is 23.2 Å². The third-order valence-corrected chi connectivity index (χ3v) is 4.26. The van der Waals surface area contributed by atoms with Crippen LogP contribution < -0.4 is 5.73 Å². The van der Waals surface area contributed by atoms with Crippen molar-refractivity contribution in [3.63, 3.8) is 0 Å². The zero-order valence-corrected chi connectivity index (χ0v) is 12.6. The minimum Gasteiger partial charge on any atom is -0.506 e. The van der Waals surface area contributed by atoms with E-state index < -0.39 is 0 Å². The number of nitrogens with two attached hydrogens (primary N) is 1. The number of piperidine rings is 1. The molecule has 0 aliphatic carbocycles. The van der Waals surface area contributed by atoms with Crippen molar-refractivity contribution in [3.8, 4) is 5.75 Å². The lowest BCUT2D eigenvalue weighted by Gasteiger charge is -2.38. The van der Waals surface area contributed by atoms with E-state index in [1.807, 2.05) is 6.92 Å². The number of likely N-dealkylation sites (tertiary alicyclic amines) is 1. The van der Waals surface area contributed by atoms with Crippen molar-refractivity contribution in [2.45, 2.75) is 44.8 Å². The third kappa shape index (κ3) is 3.54. The van der Waals surface area contributed by atoms with Gasteiger partial charge in [0, 0.05) is 29.2 Å². The smallest absolute Gasteiger partial charge is 0.138 e. The van der Waals surface area contributed by atoms with Gasteiger partial charge in [0.2, 0.25) is 0 Å². The molecule has 2 atom stereocenters. The average Bonchev–Trinajstić information content (AvgIpc) is 2.35. The molecule has 1 saturated heterocycles. The number of aromatic hydroxyl groups is 1. The Balaban J connectivity index is 2.19. The summed E-state index contributed by atoms with van der Waals surface area (Å²) in [4.78, 5) is 2.32. The highest BCUT2D eigenvalue weighted by Crippen LogP contribution is 2.33. The van der Waals surface area contributed by atoms with Crippen LogP contribution in [0.25, 0.3) is 0 Å². The van der Waals surface area contributed by atoms with Crippen molar-refractivity contribution in [3.05, 3.63) is 27.7 Å². The molecule has 1 aromatic rings. The fraction of sp³-hybridized carbons (Fsp3) is 0.571. The van der Waals surface area contributed by atoms with Gasteiger partial charge in [-0.2, -0.15) is 0 Å². The van der Waals surface area contributed by atoms with Crippen LogP contribution in [-0.2, 0) is 6.54 Å². The van der Waals surface area contributed by atoms with Gasteiger partial charge in [0.25, 0.3) is 0 Å². The predicted octanol–water partition coefficient (Wildman–Crippen LogP) is 3.40. The summed E-state index contributed by atoms with van der Waals surface area (Å²) < 4.78 is 0. The summed E-state index contributed by atoms with van der Waals surface area (Å²) in [5, 5.41) is 10.9. The van der Waals surface area contributed by atoms with E-state index in [0.717, 1.165) is 24.9 Å². The van der Waals surface area contributed by atoms with Gasteiger partial charge in [-0.1, -0.05) is 29.6 Å². The Hall–Kier alpha value is -0.480. The topological polar surface area (TPSA) is 49.5 Å². The molecule has 1 aliphatic rings. The lowest BCUT2D eigenvalue weighted by atomic mass is 9.96. The van der Waals surface area contributed by atoms with Gasteiger partial charge < -0.3 is 10.8 Å². The van der Waals surface area contributed by atoms with E-state index in [2.05, 4.69) is 4.90 Å². The first kappa shape index (κ1) is 14.9. The number of benzene rings is 1. The quantitative estimate of drug-likeness (QED) is 0.900. The highest BCUT2D eigenvalue weighted by atomic mass is 35.5. The fourth-order valence-electron chi connectivity index (χ4n) is 2.77. The zero-order chi connectivity index (χ0) is 14.0. The van der Waals surface area contributed by atoms with E-state index >= 15 is 0 Å². The molecule has 3 nitrogen and oxygen atoms in total. The molecule has 2 unspecified atom stereocenters. The summed E-state index contributed by atoms with van der Waals surface area (Å²) in [6, 6.07) is 3.81. The van der Waals surface area contributed by atoms with Gasteiger partial charge in [-0.15, -0.1) is 0 Å². The van der Waals surface area contributed by atoms with Gasteiger partial charge in [0.15, 0.2) is 0 Å². The van der Waals surface area contributed by atoms with Crippen LogP contribution in [0.15, 0.2) is 12.1 Å². The van der Waals surface area contributed by atoms with E-state index in [0.29, 0.717) is 22.6 Å². The molecule has 0 bridgehead atoms. The molecule has 0 spiro atoms. The Bertz CT molecular complexity index is 451. The standard InChI is InChI=1S/C14H20Cl2N2O/c1-9(17)13-4-2-3-5-18(13)8-10-6-11(15)7-12(16)14(10)19/h6-7,9,13,19H,2-5,8,17H2,1H3. The van der Waals surface area contributed by atoms with E-state index in [1.165, 1.54) is 6.42 Å². The lowest BCUT2D eigenvalue weighted by molar-refractivity contribution is 0.122. The maximum atomic E-state index is 10.0. The molecule has 106 valence electrons. The molecule has 1 aliphatic heterocycles. The van der Waals surface area contributed by atoms with Crippen LogP contribution in [-0.4, -0.2) is 28.6 Å². The second-order valence-corrected chi connectivity index (χ2v) is 6.13. The number of nitrogens with zero attached hydrogens (tertiary/aromatic N) is 1. The van der Waals surface area contributed by atoms with E-state index in [-0.39, 0.29) is 11.8 Å². The normalized spacial score (nSPS) is 22.4. The van der Waals surface area contributed by atoms with Gasteiger partial charge >= 0.3 is 0 Å². The molecule has 0 saturated carbocycles. The Kier molecular flexibility index (Phi) is 4.96. The fourth-order valence-corrected chi connectivity index (χ4v) is 3.30. The number of hydrogen-bond acceptors (Lipinski definition) is 3. The molecule has 0 amide bonds. The molecule has 1 fully saturated rings. The van der Waals surface area contributed by atoms with Crippen molar-refractivity contribution in [2.75, 3.05) is 6.54 Å². The minimum absolute atomic E-state index is 0.122. The maximum Gasteiger partial charge on any atom is 0.138 e. The van der Waals surface area contributed by atoms with Crippen LogP contribution in [0.3, 0.4) is 0 Å². The largest absolute Gasteiger partial charge is 0.506 e. The van der Waals surface area contributed by atoms with Crippen molar-refractivity contribution in [1.29, 1.82) is 0 Å². The highest BCUT2D eigenvalue weighted by molar-refractivity contribution is 6.35. The van der Waals surface area contributed by atoms with Crippen LogP contribution in [0, 0.1) is 0 Å². The van der Waals surface area contributed by atoms with Crippen LogP contribution in [0.1, 0.15) is 31.7 Å². The van der Waals surface area contributed by atoms with Crippen molar-refractivity contribution < 1.29 is 5.11 Å². The number of hydrogen-bond donors (Lipinski definition) is 2. The third-order valence-electron chi connectivity index (χ3n) is 3.75. The number of phenolic OH excluding ortho intramolecular Hbond substituents is 1. The second-order valence-electron chi connectivity index (χ2n) is 5.29. The molecule has 0 aromatic heterocycles. The molecule has 0 radical (unpaired) electrons. The van der Waals surface area contributed by atoms with Gasteiger partial charge in [-0.05, 0) is 38.4 Å². The zero-order valence-electron chi connectivity index (χ0n) is 11.1. The van der Waals surface area contributed by atoms with E-state index in [1.54, 1.807) is 12.1 Å². The molecular formula is C14H20Cl2N2O. The van der Waals surface area contributed by atoms with Gasteiger partial charge in [-0.25, -0.2) is 0 Å². The highest BCUT2D eigenvalue weighted by Gasteiger charge is 2.26. The number of halogens is 2. The van der Waals surface area contributed by atoms with E-state index in [4.69, 9.17) is 28.9 Å². The minimum atomic E-state index is 0.122. The molecule has 1 aromatic carbocycles. The molecule has 19 heavy (non-hydrogen) atoms. The predicted molar refractivity (Wildman–Crippen MR) is 79.8 cm³/mol. The molecular weight excluding hydrogens is 283 g/mol. The average molecular weight is 303 g/mol. The molecule has 1 heterocycles. The summed E-state index contributed by atoms with van der Waals surface area (Å²) in [5.74, 6) is 0.125. The Morgan fingerprint density at radius 1 is 1.42 bits per heavy atom. The Morgan fingerprint density at radius 3 is 2.84 bits per heavy atom. The van der Waals surface area contributed by atoms with Crippen molar-refractivity contribution >= 4 is 23.2 Å². The lowest BCUT2D eigenvalue weighted by Crippen LogP contribution is -2.48. The molecule has 5 heteroatoms. The first-order valence-electron chi connectivity index (χ1n) is 6.65. The van der Waals surface area contributed by atoms with Gasteiger partial charge in [-0.3, -0.25) is 4.90 Å². The summed E-state index contributed by atoms with van der Waals surface area (Å²) >= 11 is 12.0. The van der Waals surface area contributed by atoms with Crippen molar-refractivity contribution in [1.82, 2.24) is 4.90 Å². The number of rotatable bonds is 3. The second kappa shape index (κ2) is 6.31. The van der Waals surface area contributed by atoms with Crippen LogP contribution in [0.2, 0.25) is 10.0 Å². The Morgan fingerprint density at radius 2 is 2.16 bits per heavy atom. The maximum absolute atomic E-state index is 10.0. The molecule has 3 N–H and O–H groups in total. The first-order chi connectivity index (χ1) is 8.99. The van der Waals surface area contributed by atoms with Gasteiger partial charge in [0.05, 0.1) is 5.02 Å². The molecule has 2 rings (SSSR count). The summed E-state index contributed by atoms with van der Waals surface area (Å²) in [6.45, 7) is 3.67. The van der Waals surface area contributed by atoms with Crippen molar-refractivity contribution in [2.24, 2.45) is 5.73 Å². The first-order valence-corrected chi connectivity index (χ1v) is 7.41. The monoisotopic (exact) mass is 302 g/mol. The van der Waals surface area contributed by atoms with Gasteiger partial charge in [0.1, 0.15) is 5.75 Å². The van der Waals surface area contributed by atoms with E-state index in [9.17, 15) is 5.11 Å². The van der Waals surface area contributed by atoms with Crippen LogP contribution in [0.4, 0.5) is 0 Å². The summed E-state index contributed by atoms with van der Waals surface area (Å²) in [5.41, 5.74) is 6.82. The Labute approximate surface area is 124 Å². The van der Waals surface area contributed by atoms with Crippen LogP contribution in [0.5, 0.6) is 5.75 Å². The summed E-state index contributed by atoms with van der Waals surface area (Å²) in [7, 11) is 0. The summed E-state index contributed by atoms with van der Waals surface area (Å²) in [6.07, 6.45) is 3.48. The SMILES string of the molecule is CC(N)C1CCCCN1Cc1cc(Cl)cc(Cl)c1O.